The standard InChI is InChI=1S/C13H20O4/c1-4-5-9-16-12(14)6-7-13(15)17-10-8-11(2)3/h6-8H,4-5,9-10H2,1-3H3/b7-6+. The summed E-state index contributed by atoms with van der Waals surface area (Å²) in [6.07, 6.45) is 5.73. The van der Waals surface area contributed by atoms with Gasteiger partial charge in [-0.2, -0.15) is 0 Å². The molecule has 0 aromatic rings. The van der Waals surface area contributed by atoms with Crippen molar-refractivity contribution in [2.45, 2.75) is 33.6 Å². The maximum absolute atomic E-state index is 11.1. The van der Waals surface area contributed by atoms with Gasteiger partial charge < -0.3 is 9.47 Å². The fraction of sp³-hybridized carbons (Fsp3) is 0.538. The van der Waals surface area contributed by atoms with E-state index >= 15 is 0 Å². The molecule has 0 unspecified atom stereocenters. The highest BCUT2D eigenvalue weighted by Crippen LogP contribution is 1.92. The minimum atomic E-state index is -0.546. The molecule has 0 fully saturated rings. The average Bonchev–Trinajstić information content (AvgIpc) is 2.26. The van der Waals surface area contributed by atoms with E-state index in [1.165, 1.54) is 0 Å². The minimum Gasteiger partial charge on any atom is -0.463 e. The molecule has 0 saturated heterocycles. The molecule has 17 heavy (non-hydrogen) atoms. The lowest BCUT2D eigenvalue weighted by atomic mass is 10.3. The monoisotopic (exact) mass is 240 g/mol. The van der Waals surface area contributed by atoms with Crippen LogP contribution < -0.4 is 0 Å². The van der Waals surface area contributed by atoms with Gasteiger partial charge in [0.25, 0.3) is 0 Å². The zero-order valence-electron chi connectivity index (χ0n) is 10.7. The summed E-state index contributed by atoms with van der Waals surface area (Å²) in [6.45, 7) is 6.43. The molecule has 0 aliphatic rings. The van der Waals surface area contributed by atoms with E-state index in [4.69, 9.17) is 9.47 Å². The van der Waals surface area contributed by atoms with Crippen molar-refractivity contribution in [2.75, 3.05) is 13.2 Å². The normalized spacial score (nSPS) is 10.1. The first-order valence-corrected chi connectivity index (χ1v) is 5.71. The van der Waals surface area contributed by atoms with Crippen LogP contribution in [0.2, 0.25) is 0 Å². The van der Waals surface area contributed by atoms with Gasteiger partial charge in [-0.05, 0) is 26.3 Å². The van der Waals surface area contributed by atoms with Gasteiger partial charge >= 0.3 is 11.9 Å². The fourth-order valence-electron chi connectivity index (χ4n) is 0.840. The summed E-state index contributed by atoms with van der Waals surface area (Å²) in [5.41, 5.74) is 1.07. The van der Waals surface area contributed by atoms with Crippen molar-refractivity contribution in [1.82, 2.24) is 0 Å². The molecule has 4 nitrogen and oxygen atoms in total. The van der Waals surface area contributed by atoms with Gasteiger partial charge in [0.1, 0.15) is 6.61 Å². The molecule has 0 radical (unpaired) electrons. The number of esters is 2. The van der Waals surface area contributed by atoms with E-state index in [9.17, 15) is 9.59 Å². The molecule has 0 saturated carbocycles. The Morgan fingerprint density at radius 2 is 1.65 bits per heavy atom. The van der Waals surface area contributed by atoms with E-state index in [0.717, 1.165) is 30.6 Å². The number of hydrogen-bond donors (Lipinski definition) is 0. The zero-order chi connectivity index (χ0) is 13.1. The van der Waals surface area contributed by atoms with Crippen LogP contribution >= 0.6 is 0 Å². The Kier molecular flexibility index (Phi) is 8.74. The molecular weight excluding hydrogens is 220 g/mol. The third kappa shape index (κ3) is 10.7. The van der Waals surface area contributed by atoms with E-state index in [1.54, 1.807) is 6.08 Å². The van der Waals surface area contributed by atoms with Crippen LogP contribution in [0, 0.1) is 0 Å². The van der Waals surface area contributed by atoms with Crippen molar-refractivity contribution < 1.29 is 19.1 Å². The topological polar surface area (TPSA) is 52.6 Å². The second kappa shape index (κ2) is 9.63. The SMILES string of the molecule is CCCCOC(=O)/C=C/C(=O)OCC=C(C)C. The smallest absolute Gasteiger partial charge is 0.331 e. The van der Waals surface area contributed by atoms with E-state index in [-0.39, 0.29) is 6.61 Å². The summed E-state index contributed by atoms with van der Waals surface area (Å²) < 4.78 is 9.65. The lowest BCUT2D eigenvalue weighted by molar-refractivity contribution is -0.140. The number of ether oxygens (including phenoxy) is 2. The molecule has 4 heteroatoms. The average molecular weight is 240 g/mol. The van der Waals surface area contributed by atoms with E-state index in [2.05, 4.69) is 0 Å². The molecule has 0 heterocycles. The second-order valence-corrected chi connectivity index (χ2v) is 3.77. The molecule has 0 aliphatic carbocycles. The third-order valence-electron chi connectivity index (χ3n) is 1.81. The zero-order valence-corrected chi connectivity index (χ0v) is 10.7. The number of hydrogen-bond acceptors (Lipinski definition) is 4. The van der Waals surface area contributed by atoms with Crippen LogP contribution in [0.25, 0.3) is 0 Å². The lowest BCUT2D eigenvalue weighted by Crippen LogP contribution is -2.05. The van der Waals surface area contributed by atoms with Crippen LogP contribution in [0.3, 0.4) is 0 Å². The molecule has 0 bridgehead atoms. The molecule has 0 atom stereocenters. The lowest BCUT2D eigenvalue weighted by Gasteiger charge is -1.99. The Balaban J connectivity index is 3.78. The molecule has 0 aromatic heterocycles. The number of rotatable bonds is 7. The van der Waals surface area contributed by atoms with E-state index in [0.29, 0.717) is 6.61 Å². The van der Waals surface area contributed by atoms with Gasteiger partial charge in [0.15, 0.2) is 0 Å². The number of allylic oxidation sites excluding steroid dienone is 1. The Labute approximate surface area is 102 Å². The predicted molar refractivity (Wildman–Crippen MR) is 65.4 cm³/mol. The van der Waals surface area contributed by atoms with Gasteiger partial charge in [0, 0.05) is 12.2 Å². The molecule has 0 amide bonds. The first-order valence-electron chi connectivity index (χ1n) is 5.71. The Morgan fingerprint density at radius 3 is 2.18 bits per heavy atom. The van der Waals surface area contributed by atoms with Crippen molar-refractivity contribution in [2.24, 2.45) is 0 Å². The summed E-state index contributed by atoms with van der Waals surface area (Å²) in [6, 6.07) is 0. The summed E-state index contributed by atoms with van der Waals surface area (Å²) in [7, 11) is 0. The fourth-order valence-corrected chi connectivity index (χ4v) is 0.840. The molecule has 0 aliphatic heterocycles. The van der Waals surface area contributed by atoms with Crippen LogP contribution in [0.15, 0.2) is 23.8 Å². The van der Waals surface area contributed by atoms with E-state index in [1.807, 2.05) is 20.8 Å². The van der Waals surface area contributed by atoms with Gasteiger partial charge in [0.2, 0.25) is 0 Å². The molecular formula is C13H20O4. The van der Waals surface area contributed by atoms with Crippen molar-refractivity contribution in [3.05, 3.63) is 23.8 Å². The van der Waals surface area contributed by atoms with Gasteiger partial charge in [-0.25, -0.2) is 9.59 Å². The quantitative estimate of drug-likeness (QED) is 0.297. The summed E-state index contributed by atoms with van der Waals surface area (Å²) in [5.74, 6) is -1.06. The molecule has 96 valence electrons. The Morgan fingerprint density at radius 1 is 1.06 bits per heavy atom. The van der Waals surface area contributed by atoms with E-state index < -0.39 is 11.9 Å². The third-order valence-corrected chi connectivity index (χ3v) is 1.81. The van der Waals surface area contributed by atoms with Crippen LogP contribution in [0.4, 0.5) is 0 Å². The molecule has 0 rings (SSSR count). The minimum absolute atomic E-state index is 0.219. The highest BCUT2D eigenvalue weighted by atomic mass is 16.5. The van der Waals surface area contributed by atoms with Crippen molar-refractivity contribution in [3.63, 3.8) is 0 Å². The van der Waals surface area contributed by atoms with Crippen molar-refractivity contribution in [3.8, 4) is 0 Å². The molecule has 0 spiro atoms. The predicted octanol–water partition coefficient (Wildman–Crippen LogP) is 2.40. The maximum Gasteiger partial charge on any atom is 0.331 e. The second-order valence-electron chi connectivity index (χ2n) is 3.77. The van der Waals surface area contributed by atoms with Crippen LogP contribution in [-0.2, 0) is 19.1 Å². The number of carbonyl (C=O) groups is 2. The first kappa shape index (κ1) is 15.4. The van der Waals surface area contributed by atoms with Crippen LogP contribution in [-0.4, -0.2) is 25.2 Å². The molecule has 0 aromatic carbocycles. The Hall–Kier alpha value is -1.58. The highest BCUT2D eigenvalue weighted by molar-refractivity contribution is 5.91. The first-order chi connectivity index (χ1) is 8.06. The highest BCUT2D eigenvalue weighted by Gasteiger charge is 1.99. The largest absolute Gasteiger partial charge is 0.463 e. The summed E-state index contributed by atoms with van der Waals surface area (Å²) >= 11 is 0. The maximum atomic E-state index is 11.1. The number of unbranched alkanes of at least 4 members (excludes halogenated alkanes) is 1. The van der Waals surface area contributed by atoms with Crippen molar-refractivity contribution >= 4 is 11.9 Å². The van der Waals surface area contributed by atoms with Gasteiger partial charge in [-0.15, -0.1) is 0 Å². The van der Waals surface area contributed by atoms with Crippen LogP contribution in [0.5, 0.6) is 0 Å². The Bertz CT molecular complexity index is 299. The summed E-state index contributed by atoms with van der Waals surface area (Å²) in [4.78, 5) is 22.2. The van der Waals surface area contributed by atoms with Gasteiger partial charge in [-0.1, -0.05) is 18.9 Å². The van der Waals surface area contributed by atoms with Crippen molar-refractivity contribution in [1.29, 1.82) is 0 Å². The number of carbonyl (C=O) groups excluding carboxylic acids is 2. The van der Waals surface area contributed by atoms with Gasteiger partial charge in [0.05, 0.1) is 6.61 Å². The van der Waals surface area contributed by atoms with Crippen LogP contribution in [0.1, 0.15) is 33.6 Å². The molecule has 0 N–H and O–H groups in total. The van der Waals surface area contributed by atoms with Gasteiger partial charge in [-0.3, -0.25) is 0 Å². The summed E-state index contributed by atoms with van der Waals surface area (Å²) in [5, 5.41) is 0.